The number of halogens is 1. The Balaban J connectivity index is 2.06. The third-order valence-electron chi connectivity index (χ3n) is 2.93. The van der Waals surface area contributed by atoms with Crippen LogP contribution in [-0.2, 0) is 0 Å². The largest absolute Gasteiger partial charge is 0.365 e. The monoisotopic (exact) mass is 314 g/mol. The Labute approximate surface area is 113 Å². The van der Waals surface area contributed by atoms with Crippen LogP contribution in [0.15, 0.2) is 16.7 Å². The molecule has 98 valence electrons. The maximum absolute atomic E-state index is 10.6. The second-order valence-electron chi connectivity index (χ2n) is 4.32. The van der Waals surface area contributed by atoms with Gasteiger partial charge in [-0.15, -0.1) is 0 Å². The number of pyridine rings is 1. The lowest BCUT2D eigenvalue weighted by Gasteiger charge is -2.17. The number of hydrogen-bond donors (Lipinski definition) is 2. The van der Waals surface area contributed by atoms with Crippen molar-refractivity contribution in [3.05, 3.63) is 26.9 Å². The fourth-order valence-corrected chi connectivity index (χ4v) is 2.42. The molecule has 0 aliphatic carbocycles. The smallest absolute Gasteiger partial charge is 0.288 e. The van der Waals surface area contributed by atoms with Crippen LogP contribution < -0.4 is 10.6 Å². The minimum absolute atomic E-state index is 0.00795. The molecule has 0 spiro atoms. The quantitative estimate of drug-likeness (QED) is 0.661. The standard InChI is InChI=1S/C11H15BrN4O2/c12-10-5-9(16(17)18)7-14-11(10)15-8-3-1-2-4-13-6-8/h5,7-8,13H,1-4,6H2,(H,14,15). The van der Waals surface area contributed by atoms with Gasteiger partial charge >= 0.3 is 0 Å². The van der Waals surface area contributed by atoms with Crippen molar-refractivity contribution in [3.8, 4) is 0 Å². The average Bonchev–Trinajstić information content (AvgIpc) is 2.60. The highest BCUT2D eigenvalue weighted by Crippen LogP contribution is 2.25. The van der Waals surface area contributed by atoms with Crippen molar-refractivity contribution in [3.63, 3.8) is 0 Å². The van der Waals surface area contributed by atoms with Gasteiger partial charge in [-0.2, -0.15) is 0 Å². The predicted octanol–water partition coefficient (Wildman–Crippen LogP) is 2.31. The summed E-state index contributed by atoms with van der Waals surface area (Å²) in [6.45, 7) is 1.94. The van der Waals surface area contributed by atoms with E-state index >= 15 is 0 Å². The SMILES string of the molecule is O=[N+]([O-])c1cnc(NC2CCCCNC2)c(Br)c1. The zero-order chi connectivity index (χ0) is 13.0. The maximum atomic E-state index is 10.6. The highest BCUT2D eigenvalue weighted by atomic mass is 79.9. The molecule has 1 aliphatic heterocycles. The zero-order valence-electron chi connectivity index (χ0n) is 9.86. The van der Waals surface area contributed by atoms with Gasteiger partial charge in [-0.25, -0.2) is 4.98 Å². The topological polar surface area (TPSA) is 80.1 Å². The molecule has 1 aliphatic rings. The Kier molecular flexibility index (Phi) is 4.48. The molecule has 1 fully saturated rings. The van der Waals surface area contributed by atoms with Gasteiger partial charge in [-0.3, -0.25) is 10.1 Å². The lowest BCUT2D eigenvalue weighted by molar-refractivity contribution is -0.385. The Morgan fingerprint density at radius 3 is 3.11 bits per heavy atom. The van der Waals surface area contributed by atoms with Crippen LogP contribution in [0.2, 0.25) is 0 Å². The summed E-state index contributed by atoms with van der Waals surface area (Å²) < 4.78 is 0.626. The van der Waals surface area contributed by atoms with Gasteiger partial charge in [0.15, 0.2) is 0 Å². The van der Waals surface area contributed by atoms with E-state index in [2.05, 4.69) is 31.5 Å². The lowest BCUT2D eigenvalue weighted by Crippen LogP contribution is -2.31. The number of nitrogens with zero attached hydrogens (tertiary/aromatic N) is 2. The molecule has 0 saturated carbocycles. The second-order valence-corrected chi connectivity index (χ2v) is 5.18. The van der Waals surface area contributed by atoms with Crippen molar-refractivity contribution in [2.45, 2.75) is 25.3 Å². The van der Waals surface area contributed by atoms with Crippen LogP contribution in [0.1, 0.15) is 19.3 Å². The summed E-state index contributed by atoms with van der Waals surface area (Å²) in [6.07, 6.45) is 4.72. The first-order chi connectivity index (χ1) is 8.66. The molecule has 0 amide bonds. The average molecular weight is 315 g/mol. The van der Waals surface area contributed by atoms with E-state index in [-0.39, 0.29) is 5.69 Å². The van der Waals surface area contributed by atoms with Crippen LogP contribution >= 0.6 is 15.9 Å². The molecule has 1 unspecified atom stereocenters. The number of rotatable bonds is 3. The third-order valence-corrected chi connectivity index (χ3v) is 3.53. The molecule has 18 heavy (non-hydrogen) atoms. The third kappa shape index (κ3) is 3.39. The number of hydrogen-bond acceptors (Lipinski definition) is 5. The van der Waals surface area contributed by atoms with Gasteiger partial charge in [-0.05, 0) is 35.3 Å². The number of nitrogens with one attached hydrogen (secondary N) is 2. The van der Waals surface area contributed by atoms with Gasteiger partial charge in [0.05, 0.1) is 9.40 Å². The second kappa shape index (κ2) is 6.10. The van der Waals surface area contributed by atoms with E-state index in [0.717, 1.165) is 19.5 Å². The minimum atomic E-state index is -0.450. The van der Waals surface area contributed by atoms with Crippen LogP contribution in [-0.4, -0.2) is 29.0 Å². The lowest BCUT2D eigenvalue weighted by atomic mass is 10.1. The highest BCUT2D eigenvalue weighted by molar-refractivity contribution is 9.10. The molecule has 2 N–H and O–H groups in total. The molecule has 2 rings (SSSR count). The number of aromatic nitrogens is 1. The van der Waals surface area contributed by atoms with E-state index in [1.54, 1.807) is 0 Å². The molecule has 1 saturated heterocycles. The molecule has 0 bridgehead atoms. The molecule has 1 aromatic rings. The van der Waals surface area contributed by atoms with Crippen LogP contribution in [0.25, 0.3) is 0 Å². The summed E-state index contributed by atoms with van der Waals surface area (Å²) in [5.74, 6) is 0.661. The van der Waals surface area contributed by atoms with Gasteiger partial charge in [0.2, 0.25) is 0 Å². The number of anilines is 1. The Morgan fingerprint density at radius 1 is 1.56 bits per heavy atom. The number of nitro groups is 1. The molecular weight excluding hydrogens is 300 g/mol. The van der Waals surface area contributed by atoms with Crippen molar-refractivity contribution in [1.29, 1.82) is 0 Å². The maximum Gasteiger partial charge on any atom is 0.288 e. The van der Waals surface area contributed by atoms with Gasteiger partial charge in [-0.1, -0.05) is 6.42 Å². The highest BCUT2D eigenvalue weighted by Gasteiger charge is 2.15. The van der Waals surface area contributed by atoms with Crippen LogP contribution in [0.5, 0.6) is 0 Å². The van der Waals surface area contributed by atoms with E-state index in [1.165, 1.54) is 25.1 Å². The molecule has 1 atom stereocenters. The van der Waals surface area contributed by atoms with Crippen LogP contribution in [0.4, 0.5) is 11.5 Å². The fourth-order valence-electron chi connectivity index (χ4n) is 1.97. The summed E-state index contributed by atoms with van der Waals surface area (Å²) in [6, 6.07) is 1.79. The Bertz CT molecular complexity index is 433. The molecule has 7 heteroatoms. The normalized spacial score (nSPS) is 20.2. The van der Waals surface area contributed by atoms with E-state index in [1.807, 2.05) is 0 Å². The first-order valence-corrected chi connectivity index (χ1v) is 6.73. The van der Waals surface area contributed by atoms with Crippen molar-refractivity contribution in [2.24, 2.45) is 0 Å². The van der Waals surface area contributed by atoms with Crippen molar-refractivity contribution in [1.82, 2.24) is 10.3 Å². The molecule has 0 radical (unpaired) electrons. The Morgan fingerprint density at radius 2 is 2.39 bits per heavy atom. The predicted molar refractivity (Wildman–Crippen MR) is 72.7 cm³/mol. The summed E-state index contributed by atoms with van der Waals surface area (Å²) >= 11 is 3.31. The minimum Gasteiger partial charge on any atom is -0.365 e. The molecule has 0 aromatic carbocycles. The van der Waals surface area contributed by atoms with E-state index in [9.17, 15) is 10.1 Å². The summed E-state index contributed by atoms with van der Waals surface area (Å²) in [7, 11) is 0. The summed E-state index contributed by atoms with van der Waals surface area (Å²) in [4.78, 5) is 14.3. The fraction of sp³-hybridized carbons (Fsp3) is 0.545. The Hall–Kier alpha value is -1.21. The van der Waals surface area contributed by atoms with E-state index in [4.69, 9.17) is 0 Å². The van der Waals surface area contributed by atoms with Gasteiger partial charge in [0.25, 0.3) is 5.69 Å². The van der Waals surface area contributed by atoms with Crippen LogP contribution in [0.3, 0.4) is 0 Å². The van der Waals surface area contributed by atoms with E-state index < -0.39 is 4.92 Å². The molecule has 2 heterocycles. The van der Waals surface area contributed by atoms with E-state index in [0.29, 0.717) is 16.3 Å². The van der Waals surface area contributed by atoms with Gasteiger partial charge in [0.1, 0.15) is 12.0 Å². The van der Waals surface area contributed by atoms with Crippen molar-refractivity contribution in [2.75, 3.05) is 18.4 Å². The first kappa shape index (κ1) is 13.2. The van der Waals surface area contributed by atoms with Gasteiger partial charge < -0.3 is 10.6 Å². The van der Waals surface area contributed by atoms with Crippen molar-refractivity contribution >= 4 is 27.4 Å². The van der Waals surface area contributed by atoms with Crippen molar-refractivity contribution < 1.29 is 4.92 Å². The molecular formula is C11H15BrN4O2. The van der Waals surface area contributed by atoms with Crippen LogP contribution in [0, 0.1) is 10.1 Å². The zero-order valence-corrected chi connectivity index (χ0v) is 11.4. The molecule has 6 nitrogen and oxygen atoms in total. The summed E-state index contributed by atoms with van der Waals surface area (Å²) in [5.41, 5.74) is -0.00795. The first-order valence-electron chi connectivity index (χ1n) is 5.94. The van der Waals surface area contributed by atoms with Gasteiger partial charge in [0, 0.05) is 18.7 Å². The summed E-state index contributed by atoms with van der Waals surface area (Å²) in [5, 5.41) is 17.3. The molecule has 1 aromatic heterocycles.